The minimum absolute atomic E-state index is 0.247. The minimum Gasteiger partial charge on any atom is -0.339 e. The first-order valence-corrected chi connectivity index (χ1v) is 7.66. The molecule has 0 fully saturated rings. The van der Waals surface area contributed by atoms with Crippen LogP contribution in [0.3, 0.4) is 0 Å². The van der Waals surface area contributed by atoms with Crippen LogP contribution in [-0.2, 0) is 11.8 Å². The average Bonchev–Trinajstić information content (AvgIpc) is 2.95. The van der Waals surface area contributed by atoms with E-state index in [4.69, 9.17) is 4.52 Å². The Morgan fingerprint density at radius 2 is 1.95 bits per heavy atom. The molecule has 1 heterocycles. The topological polar surface area (TPSA) is 51.0 Å². The molecular formula is C17H25N3O. The van der Waals surface area contributed by atoms with Crippen LogP contribution in [0.25, 0.3) is 0 Å². The highest BCUT2D eigenvalue weighted by molar-refractivity contribution is 5.30. The molecule has 0 aliphatic heterocycles. The Kier molecular flexibility index (Phi) is 5.12. The van der Waals surface area contributed by atoms with Crippen molar-refractivity contribution < 1.29 is 4.52 Å². The third-order valence-electron chi connectivity index (χ3n) is 3.75. The summed E-state index contributed by atoms with van der Waals surface area (Å²) in [6.07, 6.45) is 1.89. The van der Waals surface area contributed by atoms with Gasteiger partial charge in [0.25, 0.3) is 0 Å². The number of rotatable bonds is 7. The first kappa shape index (κ1) is 15.7. The molecule has 0 saturated carbocycles. The largest absolute Gasteiger partial charge is 0.339 e. The third kappa shape index (κ3) is 3.91. The van der Waals surface area contributed by atoms with Gasteiger partial charge in [-0.2, -0.15) is 4.98 Å². The average molecular weight is 287 g/mol. The summed E-state index contributed by atoms with van der Waals surface area (Å²) in [5.74, 6) is 1.44. The molecule has 0 radical (unpaired) electrons. The molecule has 4 heteroatoms. The van der Waals surface area contributed by atoms with E-state index in [0.29, 0.717) is 11.9 Å². The number of hydrogen-bond donors (Lipinski definition) is 1. The van der Waals surface area contributed by atoms with Gasteiger partial charge < -0.3 is 9.84 Å². The summed E-state index contributed by atoms with van der Waals surface area (Å²) in [5.41, 5.74) is 0.942. The lowest BCUT2D eigenvalue weighted by molar-refractivity contribution is 0.352. The van der Waals surface area contributed by atoms with Crippen LogP contribution >= 0.6 is 0 Å². The van der Waals surface area contributed by atoms with E-state index in [1.807, 2.05) is 18.2 Å². The summed E-state index contributed by atoms with van der Waals surface area (Å²) in [6.45, 7) is 9.55. The molecule has 1 N–H and O–H groups in total. The summed E-state index contributed by atoms with van der Waals surface area (Å²) in [5, 5.41) is 7.62. The van der Waals surface area contributed by atoms with Gasteiger partial charge in [0.2, 0.25) is 5.89 Å². The van der Waals surface area contributed by atoms with Gasteiger partial charge in [-0.1, -0.05) is 42.4 Å². The Morgan fingerprint density at radius 3 is 2.62 bits per heavy atom. The lowest BCUT2D eigenvalue weighted by Gasteiger charge is -2.20. The SMILES string of the molecule is CCCNC(C)Cc1nc(C(C)(C)c2ccccc2)no1. The van der Waals surface area contributed by atoms with Gasteiger partial charge in [0.15, 0.2) is 5.82 Å². The van der Waals surface area contributed by atoms with E-state index < -0.39 is 0 Å². The van der Waals surface area contributed by atoms with E-state index in [2.05, 4.69) is 55.3 Å². The van der Waals surface area contributed by atoms with Gasteiger partial charge in [-0.3, -0.25) is 0 Å². The molecule has 0 aliphatic rings. The Hall–Kier alpha value is -1.68. The highest BCUT2D eigenvalue weighted by Gasteiger charge is 2.28. The van der Waals surface area contributed by atoms with Gasteiger partial charge in [-0.15, -0.1) is 0 Å². The number of nitrogens with one attached hydrogen (secondary N) is 1. The molecule has 1 unspecified atom stereocenters. The van der Waals surface area contributed by atoms with Gasteiger partial charge in [0, 0.05) is 12.5 Å². The maximum absolute atomic E-state index is 5.42. The van der Waals surface area contributed by atoms with Gasteiger partial charge >= 0.3 is 0 Å². The number of hydrogen-bond acceptors (Lipinski definition) is 4. The third-order valence-corrected chi connectivity index (χ3v) is 3.75. The second-order valence-electron chi connectivity index (χ2n) is 6.06. The van der Waals surface area contributed by atoms with Crippen LogP contribution in [0.4, 0.5) is 0 Å². The molecule has 114 valence electrons. The molecule has 21 heavy (non-hydrogen) atoms. The van der Waals surface area contributed by atoms with Crippen LogP contribution in [0.1, 0.15) is 51.4 Å². The van der Waals surface area contributed by atoms with Gasteiger partial charge in [-0.05, 0) is 39.3 Å². The molecule has 0 bridgehead atoms. The van der Waals surface area contributed by atoms with Gasteiger partial charge in [0.05, 0.1) is 5.41 Å². The number of aromatic nitrogens is 2. The maximum Gasteiger partial charge on any atom is 0.228 e. The van der Waals surface area contributed by atoms with Crippen molar-refractivity contribution in [3.8, 4) is 0 Å². The Bertz CT molecular complexity index is 548. The first-order chi connectivity index (χ1) is 10.0. The zero-order valence-corrected chi connectivity index (χ0v) is 13.4. The summed E-state index contributed by atoms with van der Waals surface area (Å²) in [7, 11) is 0. The van der Waals surface area contributed by atoms with Crippen LogP contribution in [-0.4, -0.2) is 22.7 Å². The van der Waals surface area contributed by atoms with Crippen molar-refractivity contribution in [2.45, 2.75) is 52.0 Å². The highest BCUT2D eigenvalue weighted by Crippen LogP contribution is 2.29. The normalized spacial score (nSPS) is 13.3. The van der Waals surface area contributed by atoms with Crippen molar-refractivity contribution in [2.24, 2.45) is 0 Å². The fourth-order valence-electron chi connectivity index (χ4n) is 2.30. The molecule has 2 aromatic rings. The number of nitrogens with zero attached hydrogens (tertiary/aromatic N) is 2. The molecule has 0 spiro atoms. The van der Waals surface area contributed by atoms with Crippen molar-refractivity contribution in [1.29, 1.82) is 0 Å². The van der Waals surface area contributed by atoms with Gasteiger partial charge in [-0.25, -0.2) is 0 Å². The fraction of sp³-hybridized carbons (Fsp3) is 0.529. The van der Waals surface area contributed by atoms with Crippen molar-refractivity contribution >= 4 is 0 Å². The Morgan fingerprint density at radius 1 is 1.24 bits per heavy atom. The molecule has 4 nitrogen and oxygen atoms in total. The van der Waals surface area contributed by atoms with E-state index in [-0.39, 0.29) is 5.41 Å². The monoisotopic (exact) mass is 287 g/mol. The fourth-order valence-corrected chi connectivity index (χ4v) is 2.30. The first-order valence-electron chi connectivity index (χ1n) is 7.66. The predicted molar refractivity (Wildman–Crippen MR) is 84.3 cm³/mol. The van der Waals surface area contributed by atoms with E-state index in [0.717, 1.165) is 25.2 Å². The zero-order chi connectivity index (χ0) is 15.3. The molecule has 1 atom stereocenters. The van der Waals surface area contributed by atoms with Crippen molar-refractivity contribution in [2.75, 3.05) is 6.54 Å². The number of benzene rings is 1. The Labute approximate surface area is 127 Å². The molecular weight excluding hydrogens is 262 g/mol. The summed E-state index contributed by atoms with van der Waals surface area (Å²) in [4.78, 5) is 4.59. The lowest BCUT2D eigenvalue weighted by Crippen LogP contribution is -2.28. The van der Waals surface area contributed by atoms with Crippen LogP contribution in [0.15, 0.2) is 34.9 Å². The molecule has 0 aliphatic carbocycles. The summed E-state index contributed by atoms with van der Waals surface area (Å²) in [6, 6.07) is 10.6. The molecule has 0 amide bonds. The summed E-state index contributed by atoms with van der Waals surface area (Å²) < 4.78 is 5.42. The van der Waals surface area contributed by atoms with Crippen LogP contribution in [0.5, 0.6) is 0 Å². The predicted octanol–water partition coefficient (Wildman–Crippen LogP) is 3.33. The maximum atomic E-state index is 5.42. The van der Waals surface area contributed by atoms with E-state index in [9.17, 15) is 0 Å². The van der Waals surface area contributed by atoms with Crippen LogP contribution in [0.2, 0.25) is 0 Å². The minimum atomic E-state index is -0.247. The quantitative estimate of drug-likeness (QED) is 0.848. The van der Waals surface area contributed by atoms with Crippen molar-refractivity contribution in [3.63, 3.8) is 0 Å². The van der Waals surface area contributed by atoms with E-state index in [1.54, 1.807) is 0 Å². The lowest BCUT2D eigenvalue weighted by atomic mass is 9.84. The zero-order valence-electron chi connectivity index (χ0n) is 13.4. The van der Waals surface area contributed by atoms with Crippen LogP contribution < -0.4 is 5.32 Å². The van der Waals surface area contributed by atoms with Crippen LogP contribution in [0, 0.1) is 0 Å². The molecule has 1 aromatic carbocycles. The second kappa shape index (κ2) is 6.85. The van der Waals surface area contributed by atoms with E-state index in [1.165, 1.54) is 5.56 Å². The smallest absolute Gasteiger partial charge is 0.228 e. The molecule has 1 aromatic heterocycles. The molecule has 2 rings (SSSR count). The standard InChI is InChI=1S/C17H25N3O/c1-5-11-18-13(2)12-15-19-16(20-21-15)17(3,4)14-9-7-6-8-10-14/h6-10,13,18H,5,11-12H2,1-4H3. The second-order valence-corrected chi connectivity index (χ2v) is 6.06. The van der Waals surface area contributed by atoms with Crippen molar-refractivity contribution in [3.05, 3.63) is 47.6 Å². The summed E-state index contributed by atoms with van der Waals surface area (Å²) >= 11 is 0. The van der Waals surface area contributed by atoms with E-state index >= 15 is 0 Å². The molecule has 0 saturated heterocycles. The Balaban J connectivity index is 2.09. The highest BCUT2D eigenvalue weighted by atomic mass is 16.5. The van der Waals surface area contributed by atoms with Gasteiger partial charge in [0.1, 0.15) is 0 Å². The van der Waals surface area contributed by atoms with Crippen molar-refractivity contribution in [1.82, 2.24) is 15.5 Å².